The molecule has 0 radical (unpaired) electrons. The lowest BCUT2D eigenvalue weighted by Crippen LogP contribution is -2.30. The van der Waals surface area contributed by atoms with E-state index in [2.05, 4.69) is 64.2 Å². The number of unbranched alkanes of at least 4 members (excludes halogenated alkanes) is 43. The normalized spacial score (nSPS) is 14.1. The topological polar surface area (TPSA) is 237 Å². The number of aliphatic hydroxyl groups excluding tert-OH is 1. The molecule has 0 amide bonds. The molecule has 2 unspecified atom stereocenters. The number of aliphatic hydroxyl groups is 1. The fourth-order valence-electron chi connectivity index (χ4n) is 11.0. The third kappa shape index (κ3) is 69.7. The second-order valence-corrected chi connectivity index (χ2v) is 29.6. The van der Waals surface area contributed by atoms with E-state index in [0.717, 1.165) is 141 Å². The standard InChI is InChI=1S/C77H144O17P2/c1-5-9-13-17-21-25-29-33-35-39-41-45-49-53-57-61-74(79)87-67-72(93-76(81)63-59-55-51-47-43-37-31-27-23-19-15-11-7-3)69-91-95(83,84)89-65-71(78)66-90-96(85,86)92-70-73(94-77(82)64-60-56-52-48-44-38-32-28-24-20-16-12-8-4)68-88-75(80)62-58-54-50-46-42-40-36-34-30-26-22-18-14-10-6-2/h25,28-29,32,34,36,71-73,78H,5-24,26-27,30-31,33,35,37-70H2,1-4H3,(H,83,84)(H,85,86)/b29-25-,32-28-,36-34-/t71-,72+,73+/m0/s1. The molecule has 0 spiro atoms. The Balaban J connectivity index is 5.30. The lowest BCUT2D eigenvalue weighted by Gasteiger charge is -2.21. The van der Waals surface area contributed by atoms with Crippen LogP contribution >= 0.6 is 15.6 Å². The number of allylic oxidation sites excluding steroid dienone is 6. The van der Waals surface area contributed by atoms with Crippen LogP contribution in [0.5, 0.6) is 0 Å². The van der Waals surface area contributed by atoms with Gasteiger partial charge in [-0.15, -0.1) is 0 Å². The lowest BCUT2D eigenvalue weighted by atomic mass is 10.0. The van der Waals surface area contributed by atoms with Gasteiger partial charge in [-0.2, -0.15) is 0 Å². The van der Waals surface area contributed by atoms with Crippen LogP contribution in [-0.4, -0.2) is 96.7 Å². The van der Waals surface area contributed by atoms with Gasteiger partial charge in [-0.1, -0.05) is 282 Å². The number of carbonyl (C=O) groups is 4. The molecule has 19 heteroatoms. The number of phosphoric acid groups is 2. The molecular formula is C77H144O17P2. The highest BCUT2D eigenvalue weighted by molar-refractivity contribution is 7.47. The summed E-state index contributed by atoms with van der Waals surface area (Å²) in [4.78, 5) is 72.8. The quantitative estimate of drug-likeness (QED) is 0.0169. The Morgan fingerprint density at radius 1 is 0.281 bits per heavy atom. The highest BCUT2D eigenvalue weighted by atomic mass is 31.2. The van der Waals surface area contributed by atoms with Crippen molar-refractivity contribution in [1.29, 1.82) is 0 Å². The number of phosphoric ester groups is 2. The fraction of sp³-hybridized carbons (Fsp3) is 0.870. The maximum atomic E-state index is 13.1. The summed E-state index contributed by atoms with van der Waals surface area (Å²) in [5.41, 5.74) is 0. The molecule has 0 fully saturated rings. The number of hydrogen-bond donors (Lipinski definition) is 3. The molecule has 17 nitrogen and oxygen atoms in total. The van der Waals surface area contributed by atoms with Gasteiger partial charge in [0.2, 0.25) is 0 Å². The van der Waals surface area contributed by atoms with Crippen LogP contribution in [-0.2, 0) is 65.4 Å². The molecule has 0 rings (SSSR count). The summed E-state index contributed by atoms with van der Waals surface area (Å²) < 4.78 is 68.5. The van der Waals surface area contributed by atoms with Crippen molar-refractivity contribution in [1.82, 2.24) is 0 Å². The Morgan fingerprint density at radius 2 is 0.479 bits per heavy atom. The minimum absolute atomic E-state index is 0.0895. The van der Waals surface area contributed by atoms with Crippen molar-refractivity contribution in [3.8, 4) is 0 Å². The van der Waals surface area contributed by atoms with Gasteiger partial charge < -0.3 is 33.8 Å². The Hall–Kier alpha value is -2.72. The fourth-order valence-corrected chi connectivity index (χ4v) is 12.6. The molecule has 0 aromatic heterocycles. The van der Waals surface area contributed by atoms with E-state index in [1.54, 1.807) is 0 Å². The molecule has 0 bridgehead atoms. The van der Waals surface area contributed by atoms with Gasteiger partial charge in [0, 0.05) is 25.7 Å². The lowest BCUT2D eigenvalue weighted by molar-refractivity contribution is -0.161. The van der Waals surface area contributed by atoms with Crippen LogP contribution in [0.2, 0.25) is 0 Å². The first-order chi connectivity index (χ1) is 46.7. The van der Waals surface area contributed by atoms with Crippen LogP contribution in [0.4, 0.5) is 0 Å². The van der Waals surface area contributed by atoms with Crippen molar-refractivity contribution in [2.45, 2.75) is 393 Å². The zero-order valence-corrected chi connectivity index (χ0v) is 63.4. The number of rotatable bonds is 75. The van der Waals surface area contributed by atoms with E-state index < -0.39 is 97.5 Å². The van der Waals surface area contributed by atoms with E-state index in [1.165, 1.54) is 154 Å². The Morgan fingerprint density at radius 3 is 0.729 bits per heavy atom. The first-order valence-corrected chi connectivity index (χ1v) is 42.2. The van der Waals surface area contributed by atoms with Gasteiger partial charge in [0.05, 0.1) is 26.4 Å². The predicted molar refractivity (Wildman–Crippen MR) is 391 cm³/mol. The first-order valence-electron chi connectivity index (χ1n) is 39.2. The molecule has 3 N–H and O–H groups in total. The SMILES string of the molecule is CCCCCC/C=C\CCCCCCCCCC(=O)OC[C@H](COP(=O)(O)OC[C@H](O)COP(=O)(O)OC[C@@H](COC(=O)CCCCCCC/C=C\CCCCCCCC)OC(=O)CCCCCCC/C=C\CCCCCC)OC(=O)CCCCCCCCCCCCCCC. The molecule has 0 aliphatic rings. The van der Waals surface area contributed by atoms with Gasteiger partial charge in [-0.25, -0.2) is 9.13 Å². The van der Waals surface area contributed by atoms with E-state index in [4.69, 9.17) is 37.0 Å². The molecule has 0 aromatic carbocycles. The molecule has 0 saturated carbocycles. The van der Waals surface area contributed by atoms with Gasteiger partial charge in [0.15, 0.2) is 12.2 Å². The zero-order chi connectivity index (χ0) is 70.4. The average molecular weight is 1400 g/mol. The molecule has 0 saturated heterocycles. The van der Waals surface area contributed by atoms with Crippen LogP contribution in [0.1, 0.15) is 374 Å². The van der Waals surface area contributed by atoms with Crippen LogP contribution in [0, 0.1) is 0 Å². The van der Waals surface area contributed by atoms with Crippen molar-refractivity contribution in [2.24, 2.45) is 0 Å². The van der Waals surface area contributed by atoms with Gasteiger partial charge in [0.1, 0.15) is 19.3 Å². The average Bonchev–Trinajstić information content (AvgIpc) is 1.14. The largest absolute Gasteiger partial charge is 0.472 e. The van der Waals surface area contributed by atoms with Gasteiger partial charge in [-0.3, -0.25) is 37.3 Å². The minimum Gasteiger partial charge on any atom is -0.462 e. The molecule has 564 valence electrons. The highest BCUT2D eigenvalue weighted by Crippen LogP contribution is 2.45. The van der Waals surface area contributed by atoms with E-state index in [1.807, 2.05) is 0 Å². The molecule has 5 atom stereocenters. The van der Waals surface area contributed by atoms with Crippen LogP contribution in [0.25, 0.3) is 0 Å². The summed E-state index contributed by atoms with van der Waals surface area (Å²) in [5.74, 6) is -2.16. The monoisotopic (exact) mass is 1400 g/mol. The predicted octanol–water partition coefficient (Wildman–Crippen LogP) is 22.3. The number of carbonyl (C=O) groups excluding carboxylic acids is 4. The smallest absolute Gasteiger partial charge is 0.462 e. The summed E-state index contributed by atoms with van der Waals surface area (Å²) in [6.07, 6.45) is 65.5. The maximum absolute atomic E-state index is 13.1. The molecule has 0 aliphatic carbocycles. The second-order valence-electron chi connectivity index (χ2n) is 26.7. The minimum atomic E-state index is -4.97. The van der Waals surface area contributed by atoms with Crippen molar-refractivity contribution < 1.29 is 80.2 Å². The van der Waals surface area contributed by atoms with Gasteiger partial charge >= 0.3 is 39.5 Å². The third-order valence-corrected chi connectivity index (χ3v) is 19.0. The summed E-state index contributed by atoms with van der Waals surface area (Å²) in [5, 5.41) is 10.6. The van der Waals surface area contributed by atoms with Crippen molar-refractivity contribution >= 4 is 39.5 Å². The Bertz CT molecular complexity index is 1970. The number of hydrogen-bond acceptors (Lipinski definition) is 15. The van der Waals surface area contributed by atoms with E-state index in [0.29, 0.717) is 25.7 Å². The second kappa shape index (κ2) is 70.7. The summed E-state index contributed by atoms with van der Waals surface area (Å²) >= 11 is 0. The van der Waals surface area contributed by atoms with Gasteiger partial charge in [0.25, 0.3) is 0 Å². The first kappa shape index (κ1) is 93.3. The maximum Gasteiger partial charge on any atom is 0.472 e. The summed E-state index contributed by atoms with van der Waals surface area (Å²) in [6.45, 7) is 4.90. The third-order valence-electron chi connectivity index (χ3n) is 17.1. The van der Waals surface area contributed by atoms with Crippen molar-refractivity contribution in [3.63, 3.8) is 0 Å². The Labute approximate surface area is 585 Å². The number of esters is 4. The summed E-state index contributed by atoms with van der Waals surface area (Å²) in [7, 11) is -9.93. The molecular weight excluding hydrogens is 1260 g/mol. The van der Waals surface area contributed by atoms with Crippen molar-refractivity contribution in [3.05, 3.63) is 36.5 Å². The molecule has 96 heavy (non-hydrogen) atoms. The molecule has 0 heterocycles. The molecule has 0 aliphatic heterocycles. The molecule has 0 aromatic rings. The van der Waals surface area contributed by atoms with Crippen LogP contribution < -0.4 is 0 Å². The van der Waals surface area contributed by atoms with Crippen molar-refractivity contribution in [2.75, 3.05) is 39.6 Å². The van der Waals surface area contributed by atoms with Crippen LogP contribution in [0.3, 0.4) is 0 Å². The zero-order valence-electron chi connectivity index (χ0n) is 61.6. The highest BCUT2D eigenvalue weighted by Gasteiger charge is 2.30. The van der Waals surface area contributed by atoms with E-state index >= 15 is 0 Å². The Kier molecular flexibility index (Phi) is 68.7. The van der Waals surface area contributed by atoms with E-state index in [-0.39, 0.29) is 25.7 Å². The van der Waals surface area contributed by atoms with E-state index in [9.17, 15) is 43.2 Å². The van der Waals surface area contributed by atoms with Gasteiger partial charge in [-0.05, 0) is 103 Å². The van der Waals surface area contributed by atoms with Crippen LogP contribution in [0.15, 0.2) is 36.5 Å². The summed E-state index contributed by atoms with van der Waals surface area (Å²) in [6, 6.07) is 0. The number of ether oxygens (including phenoxy) is 4.